The Hall–Kier alpha value is -1.89. The van der Waals surface area contributed by atoms with Crippen LogP contribution in [0.2, 0.25) is 0 Å². The number of amides is 2. The van der Waals surface area contributed by atoms with E-state index < -0.39 is 9.84 Å². The number of nitrogens with zero attached hydrogens (tertiary/aromatic N) is 1. The standard InChI is InChI=1S/C12H14N2O4S/c1-19(17,18)10-4-2-9(3-5-10)12(16)14-7-6-13-11(15)8-14/h2-5H,6-8H2,1H3,(H,13,15). The van der Waals surface area contributed by atoms with Crippen molar-refractivity contribution in [3.63, 3.8) is 0 Å². The van der Waals surface area contributed by atoms with Gasteiger partial charge in [0.1, 0.15) is 0 Å². The molecule has 1 aliphatic rings. The zero-order valence-electron chi connectivity index (χ0n) is 10.4. The number of carbonyl (C=O) groups is 2. The minimum Gasteiger partial charge on any atom is -0.353 e. The van der Waals surface area contributed by atoms with Crippen LogP contribution in [0, 0.1) is 0 Å². The molecule has 2 amide bonds. The molecule has 2 rings (SSSR count). The van der Waals surface area contributed by atoms with Crippen molar-refractivity contribution in [1.29, 1.82) is 0 Å². The van der Waals surface area contributed by atoms with E-state index in [0.717, 1.165) is 6.26 Å². The second-order valence-electron chi connectivity index (χ2n) is 4.37. The molecule has 1 aromatic rings. The summed E-state index contributed by atoms with van der Waals surface area (Å²) in [5.74, 6) is -0.456. The summed E-state index contributed by atoms with van der Waals surface area (Å²) in [6.07, 6.45) is 1.11. The van der Waals surface area contributed by atoms with Crippen molar-refractivity contribution >= 4 is 21.7 Å². The lowest BCUT2D eigenvalue weighted by Crippen LogP contribution is -2.49. The van der Waals surface area contributed by atoms with E-state index in [1.165, 1.54) is 29.2 Å². The van der Waals surface area contributed by atoms with E-state index >= 15 is 0 Å². The lowest BCUT2D eigenvalue weighted by molar-refractivity contribution is -0.123. The highest BCUT2D eigenvalue weighted by Crippen LogP contribution is 2.12. The second kappa shape index (κ2) is 5.00. The number of carbonyl (C=O) groups excluding carboxylic acids is 2. The van der Waals surface area contributed by atoms with E-state index in [-0.39, 0.29) is 23.3 Å². The Kier molecular flexibility index (Phi) is 3.57. The second-order valence-corrected chi connectivity index (χ2v) is 6.39. The molecule has 1 N–H and O–H groups in total. The van der Waals surface area contributed by atoms with Gasteiger partial charge in [0.05, 0.1) is 11.4 Å². The predicted molar refractivity (Wildman–Crippen MR) is 68.5 cm³/mol. The Balaban J connectivity index is 2.18. The van der Waals surface area contributed by atoms with Crippen LogP contribution < -0.4 is 5.32 Å². The summed E-state index contributed by atoms with van der Waals surface area (Å²) >= 11 is 0. The Bertz CT molecular complexity index is 607. The average Bonchev–Trinajstić information content (AvgIpc) is 2.37. The number of sulfone groups is 1. The Morgan fingerprint density at radius 2 is 1.89 bits per heavy atom. The molecule has 0 unspecified atom stereocenters. The zero-order chi connectivity index (χ0) is 14.0. The maximum Gasteiger partial charge on any atom is 0.254 e. The van der Waals surface area contributed by atoms with E-state index in [0.29, 0.717) is 18.7 Å². The van der Waals surface area contributed by atoms with E-state index in [9.17, 15) is 18.0 Å². The molecule has 1 saturated heterocycles. The molecule has 1 fully saturated rings. The van der Waals surface area contributed by atoms with Crippen LogP contribution in [-0.4, -0.2) is 51.0 Å². The van der Waals surface area contributed by atoms with Crippen molar-refractivity contribution in [2.75, 3.05) is 25.9 Å². The highest BCUT2D eigenvalue weighted by Gasteiger charge is 2.22. The molecule has 0 aromatic heterocycles. The molecule has 0 aliphatic carbocycles. The van der Waals surface area contributed by atoms with E-state index in [1.807, 2.05) is 0 Å². The third kappa shape index (κ3) is 3.11. The van der Waals surface area contributed by atoms with Gasteiger partial charge in [-0.25, -0.2) is 8.42 Å². The van der Waals surface area contributed by atoms with Crippen LogP contribution in [0.15, 0.2) is 29.2 Å². The minimum absolute atomic E-state index is 0.0344. The smallest absolute Gasteiger partial charge is 0.254 e. The van der Waals surface area contributed by atoms with Gasteiger partial charge in [0.25, 0.3) is 5.91 Å². The molecule has 6 nitrogen and oxygen atoms in total. The van der Waals surface area contributed by atoms with Gasteiger partial charge in [-0.3, -0.25) is 9.59 Å². The highest BCUT2D eigenvalue weighted by molar-refractivity contribution is 7.90. The molecule has 0 bridgehead atoms. The summed E-state index contributed by atoms with van der Waals surface area (Å²) in [7, 11) is -3.27. The molecular weight excluding hydrogens is 268 g/mol. The first kappa shape index (κ1) is 13.5. The topological polar surface area (TPSA) is 83.6 Å². The lowest BCUT2D eigenvalue weighted by atomic mass is 10.2. The van der Waals surface area contributed by atoms with Gasteiger partial charge < -0.3 is 10.2 Å². The van der Waals surface area contributed by atoms with Crippen molar-refractivity contribution in [3.05, 3.63) is 29.8 Å². The van der Waals surface area contributed by atoms with Crippen LogP contribution >= 0.6 is 0 Å². The summed E-state index contributed by atoms with van der Waals surface area (Å²) in [6.45, 7) is 0.928. The first-order valence-corrected chi connectivity index (χ1v) is 7.63. The van der Waals surface area contributed by atoms with Gasteiger partial charge in [-0.1, -0.05) is 0 Å². The molecule has 0 saturated carbocycles. The fourth-order valence-electron chi connectivity index (χ4n) is 1.84. The first-order valence-electron chi connectivity index (χ1n) is 5.74. The Labute approximate surface area is 111 Å². The molecule has 1 heterocycles. The molecule has 0 radical (unpaired) electrons. The summed E-state index contributed by atoms with van der Waals surface area (Å²) in [5.41, 5.74) is 0.377. The molecule has 7 heteroatoms. The normalized spacial score (nSPS) is 16.1. The quantitative estimate of drug-likeness (QED) is 0.804. The highest BCUT2D eigenvalue weighted by atomic mass is 32.2. The van der Waals surface area contributed by atoms with E-state index in [1.54, 1.807) is 0 Å². The largest absolute Gasteiger partial charge is 0.353 e. The molecule has 19 heavy (non-hydrogen) atoms. The Morgan fingerprint density at radius 1 is 1.26 bits per heavy atom. The summed E-state index contributed by atoms with van der Waals surface area (Å²) in [5, 5.41) is 2.64. The van der Waals surface area contributed by atoms with Crippen LogP contribution in [0.25, 0.3) is 0 Å². The van der Waals surface area contributed by atoms with Crippen LogP contribution in [-0.2, 0) is 14.6 Å². The summed E-state index contributed by atoms with van der Waals surface area (Å²) < 4.78 is 22.6. The van der Waals surface area contributed by atoms with Gasteiger partial charge in [-0.05, 0) is 24.3 Å². The van der Waals surface area contributed by atoms with Crippen molar-refractivity contribution in [2.24, 2.45) is 0 Å². The SMILES string of the molecule is CS(=O)(=O)c1ccc(C(=O)N2CCNC(=O)C2)cc1. The predicted octanol–water partition coefficient (Wildman–Crippen LogP) is -0.338. The lowest BCUT2D eigenvalue weighted by Gasteiger charge is -2.26. The van der Waals surface area contributed by atoms with Crippen molar-refractivity contribution < 1.29 is 18.0 Å². The van der Waals surface area contributed by atoms with Crippen molar-refractivity contribution in [2.45, 2.75) is 4.90 Å². The molecule has 0 spiro atoms. The molecule has 1 aromatic carbocycles. The number of nitrogens with one attached hydrogen (secondary N) is 1. The van der Waals surface area contributed by atoms with Crippen LogP contribution in [0.4, 0.5) is 0 Å². The van der Waals surface area contributed by atoms with E-state index in [2.05, 4.69) is 5.32 Å². The zero-order valence-corrected chi connectivity index (χ0v) is 11.2. The number of hydrogen-bond acceptors (Lipinski definition) is 4. The monoisotopic (exact) mass is 282 g/mol. The molecule has 1 aliphatic heterocycles. The fraction of sp³-hybridized carbons (Fsp3) is 0.333. The third-order valence-electron chi connectivity index (χ3n) is 2.85. The van der Waals surface area contributed by atoms with Gasteiger partial charge in [0, 0.05) is 24.9 Å². The van der Waals surface area contributed by atoms with Gasteiger partial charge in [-0.15, -0.1) is 0 Å². The van der Waals surface area contributed by atoms with Gasteiger partial charge >= 0.3 is 0 Å². The van der Waals surface area contributed by atoms with Gasteiger partial charge in [0.2, 0.25) is 5.91 Å². The van der Waals surface area contributed by atoms with Crippen molar-refractivity contribution in [1.82, 2.24) is 10.2 Å². The van der Waals surface area contributed by atoms with Crippen LogP contribution in [0.5, 0.6) is 0 Å². The van der Waals surface area contributed by atoms with Gasteiger partial charge in [0.15, 0.2) is 9.84 Å². The summed E-state index contributed by atoms with van der Waals surface area (Å²) in [6, 6.07) is 5.72. The van der Waals surface area contributed by atoms with E-state index in [4.69, 9.17) is 0 Å². The van der Waals surface area contributed by atoms with Crippen LogP contribution in [0.3, 0.4) is 0 Å². The third-order valence-corrected chi connectivity index (χ3v) is 3.98. The molecular formula is C12H14N2O4S. The number of piperazine rings is 1. The maximum absolute atomic E-state index is 12.1. The summed E-state index contributed by atoms with van der Waals surface area (Å²) in [4.78, 5) is 24.9. The van der Waals surface area contributed by atoms with Crippen molar-refractivity contribution in [3.8, 4) is 0 Å². The minimum atomic E-state index is -3.27. The average molecular weight is 282 g/mol. The Morgan fingerprint density at radius 3 is 2.42 bits per heavy atom. The number of benzene rings is 1. The number of hydrogen-bond donors (Lipinski definition) is 1. The fourth-order valence-corrected chi connectivity index (χ4v) is 2.47. The number of rotatable bonds is 2. The maximum atomic E-state index is 12.1. The van der Waals surface area contributed by atoms with Gasteiger partial charge in [-0.2, -0.15) is 0 Å². The molecule has 102 valence electrons. The van der Waals surface area contributed by atoms with Crippen LogP contribution in [0.1, 0.15) is 10.4 Å². The molecule has 0 atom stereocenters. The first-order chi connectivity index (χ1) is 8.88.